The molecule has 0 atom stereocenters. The molecule has 6 nitrogen and oxygen atoms in total. The van der Waals surface area contributed by atoms with Crippen LogP contribution in [0.3, 0.4) is 0 Å². The first-order valence-corrected chi connectivity index (χ1v) is 11.0. The summed E-state index contributed by atoms with van der Waals surface area (Å²) in [5.74, 6) is 0.768. The molecule has 0 aliphatic rings. The summed E-state index contributed by atoms with van der Waals surface area (Å²) in [5, 5.41) is 60.4. The van der Waals surface area contributed by atoms with Crippen LogP contribution in [-0.2, 0) is 0 Å². The van der Waals surface area contributed by atoms with Gasteiger partial charge in [0.05, 0.1) is 0 Å². The smallest absolute Gasteiger partial charge is 0.158 e. The van der Waals surface area contributed by atoms with Gasteiger partial charge in [-0.3, -0.25) is 0 Å². The number of phenolic OH excluding ortho intramolecular Hbond substituents is 6. The zero-order valence-electron chi connectivity index (χ0n) is 19.1. The first-order chi connectivity index (χ1) is 17.3. The Bertz CT molecular complexity index is 1540. The highest BCUT2D eigenvalue weighted by molar-refractivity contribution is 5.86. The molecule has 0 radical (unpaired) electrons. The van der Waals surface area contributed by atoms with Crippen LogP contribution in [-0.4, -0.2) is 30.6 Å². The zero-order chi connectivity index (χ0) is 25.7. The van der Waals surface area contributed by atoms with Crippen LogP contribution in [0.5, 0.6) is 34.5 Å². The standard InChI is InChI=1S/3C10H8O2/c11-9-3-1-7-5-10(12)4-2-8(7)6-9;11-9-3-1-7-2-4-10(12)6-8(7)5-9;11-9-5-7-3-1-2-4-8(7)6-10(9)12/h3*1-6,11-12H. The second kappa shape index (κ2) is 10.4. The fourth-order valence-electron chi connectivity index (χ4n) is 3.66. The van der Waals surface area contributed by atoms with Crippen LogP contribution in [0.15, 0.2) is 109 Å². The van der Waals surface area contributed by atoms with E-state index in [0.717, 1.165) is 32.3 Å². The molecule has 0 aliphatic heterocycles. The molecule has 0 spiro atoms. The number of fused-ring (bicyclic) bond motifs is 3. The Balaban J connectivity index is 0.000000127. The zero-order valence-corrected chi connectivity index (χ0v) is 19.1. The summed E-state index contributed by atoms with van der Waals surface area (Å²) in [6.45, 7) is 0. The summed E-state index contributed by atoms with van der Waals surface area (Å²) in [4.78, 5) is 0. The lowest BCUT2D eigenvalue weighted by Crippen LogP contribution is -1.72. The molecule has 0 bridgehead atoms. The fourth-order valence-corrected chi connectivity index (χ4v) is 3.66. The van der Waals surface area contributed by atoms with Crippen LogP contribution in [0.1, 0.15) is 0 Å². The Morgan fingerprint density at radius 2 is 0.583 bits per heavy atom. The van der Waals surface area contributed by atoms with Crippen molar-refractivity contribution in [3.8, 4) is 34.5 Å². The summed E-state index contributed by atoms with van der Waals surface area (Å²) in [6, 6.07) is 30.8. The van der Waals surface area contributed by atoms with E-state index in [1.54, 1.807) is 72.8 Å². The van der Waals surface area contributed by atoms with Gasteiger partial charge in [0.25, 0.3) is 0 Å². The van der Waals surface area contributed by atoms with Gasteiger partial charge < -0.3 is 30.6 Å². The van der Waals surface area contributed by atoms with E-state index in [0.29, 0.717) is 0 Å². The van der Waals surface area contributed by atoms with Crippen LogP contribution in [0.4, 0.5) is 0 Å². The van der Waals surface area contributed by atoms with E-state index in [4.69, 9.17) is 30.6 Å². The molecule has 0 fully saturated rings. The monoisotopic (exact) mass is 480 g/mol. The van der Waals surface area contributed by atoms with Crippen molar-refractivity contribution in [1.29, 1.82) is 0 Å². The topological polar surface area (TPSA) is 121 Å². The minimum atomic E-state index is -0.0753. The molecule has 0 heterocycles. The van der Waals surface area contributed by atoms with Crippen molar-refractivity contribution in [1.82, 2.24) is 0 Å². The Hall–Kier alpha value is -5.10. The molecule has 6 rings (SSSR count). The second-order valence-corrected chi connectivity index (χ2v) is 8.12. The van der Waals surface area contributed by atoms with E-state index >= 15 is 0 Å². The predicted octanol–water partition coefficient (Wildman–Crippen LogP) is 6.75. The Labute approximate surface area is 206 Å². The Morgan fingerprint density at radius 1 is 0.278 bits per heavy atom. The normalized spacial score (nSPS) is 10.3. The van der Waals surface area contributed by atoms with Gasteiger partial charge >= 0.3 is 0 Å². The second-order valence-electron chi connectivity index (χ2n) is 8.12. The molecule has 0 aliphatic carbocycles. The third-order valence-electron chi connectivity index (χ3n) is 5.46. The fraction of sp³-hybridized carbons (Fsp3) is 0. The van der Waals surface area contributed by atoms with Crippen molar-refractivity contribution in [3.63, 3.8) is 0 Å². The predicted molar refractivity (Wildman–Crippen MR) is 142 cm³/mol. The summed E-state index contributed by atoms with van der Waals surface area (Å²) in [7, 11) is 0. The number of hydrogen-bond acceptors (Lipinski definition) is 6. The highest BCUT2D eigenvalue weighted by Crippen LogP contribution is 2.29. The molecular weight excluding hydrogens is 456 g/mol. The third kappa shape index (κ3) is 5.87. The first-order valence-electron chi connectivity index (χ1n) is 11.0. The third-order valence-corrected chi connectivity index (χ3v) is 5.46. The van der Waals surface area contributed by atoms with Crippen molar-refractivity contribution in [2.75, 3.05) is 0 Å². The average molecular weight is 481 g/mol. The van der Waals surface area contributed by atoms with Gasteiger partial charge in [-0.05, 0) is 93.0 Å². The van der Waals surface area contributed by atoms with Crippen molar-refractivity contribution in [3.05, 3.63) is 109 Å². The molecule has 0 saturated carbocycles. The maximum Gasteiger partial charge on any atom is 0.158 e. The summed E-state index contributed by atoms with van der Waals surface area (Å²) >= 11 is 0. The highest BCUT2D eigenvalue weighted by Gasteiger charge is 2.00. The van der Waals surface area contributed by atoms with Crippen LogP contribution in [0.25, 0.3) is 32.3 Å². The highest BCUT2D eigenvalue weighted by atomic mass is 16.3. The maximum absolute atomic E-state index is 9.17. The van der Waals surface area contributed by atoms with Gasteiger partial charge in [0, 0.05) is 0 Å². The van der Waals surface area contributed by atoms with Gasteiger partial charge in [-0.2, -0.15) is 0 Å². The number of hydrogen-bond donors (Lipinski definition) is 6. The summed E-state index contributed by atoms with van der Waals surface area (Å²) in [5.41, 5.74) is 0. The van der Waals surface area contributed by atoms with Crippen molar-refractivity contribution < 1.29 is 30.6 Å². The average Bonchev–Trinajstić information content (AvgIpc) is 2.85. The van der Waals surface area contributed by atoms with E-state index in [1.165, 1.54) is 0 Å². The molecule has 6 heteroatoms. The molecule has 0 unspecified atom stereocenters. The largest absolute Gasteiger partial charge is 0.508 e. The summed E-state index contributed by atoms with van der Waals surface area (Å²) < 4.78 is 0. The number of aromatic hydroxyl groups is 6. The molecule has 0 aromatic heterocycles. The lowest BCUT2D eigenvalue weighted by molar-refractivity contribution is 0.405. The number of phenols is 6. The van der Waals surface area contributed by atoms with Crippen LogP contribution < -0.4 is 0 Å². The Kier molecular flexibility index (Phi) is 6.97. The first kappa shape index (κ1) is 24.0. The van der Waals surface area contributed by atoms with Gasteiger partial charge in [0.15, 0.2) is 11.5 Å². The van der Waals surface area contributed by atoms with Crippen molar-refractivity contribution in [2.45, 2.75) is 0 Å². The van der Waals surface area contributed by atoms with Crippen molar-refractivity contribution in [2.24, 2.45) is 0 Å². The van der Waals surface area contributed by atoms with E-state index in [-0.39, 0.29) is 34.5 Å². The molecule has 0 saturated heterocycles. The van der Waals surface area contributed by atoms with Gasteiger partial charge in [-0.1, -0.05) is 48.5 Å². The minimum Gasteiger partial charge on any atom is -0.508 e. The molecule has 36 heavy (non-hydrogen) atoms. The van der Waals surface area contributed by atoms with E-state index in [1.807, 2.05) is 36.4 Å². The van der Waals surface area contributed by atoms with Gasteiger partial charge in [0.2, 0.25) is 0 Å². The van der Waals surface area contributed by atoms with Gasteiger partial charge in [-0.25, -0.2) is 0 Å². The SMILES string of the molecule is Oc1cc2ccccc2cc1O.Oc1ccc2cc(O)ccc2c1.Oc1ccc2ccc(O)cc2c1. The van der Waals surface area contributed by atoms with E-state index in [9.17, 15) is 0 Å². The molecule has 6 aromatic carbocycles. The number of benzene rings is 6. The van der Waals surface area contributed by atoms with Gasteiger partial charge in [0.1, 0.15) is 23.0 Å². The minimum absolute atomic E-state index is 0.0753. The van der Waals surface area contributed by atoms with Crippen LogP contribution in [0.2, 0.25) is 0 Å². The molecule has 0 amide bonds. The van der Waals surface area contributed by atoms with E-state index < -0.39 is 0 Å². The quantitative estimate of drug-likeness (QED) is 0.134. The number of rotatable bonds is 0. The molecule has 6 aromatic rings. The van der Waals surface area contributed by atoms with Crippen molar-refractivity contribution >= 4 is 32.3 Å². The molecular formula is C30H24O6. The Morgan fingerprint density at radius 3 is 0.972 bits per heavy atom. The lowest BCUT2D eigenvalue weighted by Gasteiger charge is -2.00. The summed E-state index contributed by atoms with van der Waals surface area (Å²) in [6.07, 6.45) is 0. The lowest BCUT2D eigenvalue weighted by atomic mass is 10.1. The molecule has 6 N–H and O–H groups in total. The van der Waals surface area contributed by atoms with Gasteiger partial charge in [-0.15, -0.1) is 0 Å². The molecule has 180 valence electrons. The van der Waals surface area contributed by atoms with Crippen LogP contribution >= 0.6 is 0 Å². The van der Waals surface area contributed by atoms with Crippen LogP contribution in [0, 0.1) is 0 Å². The van der Waals surface area contributed by atoms with E-state index in [2.05, 4.69) is 0 Å². The maximum atomic E-state index is 9.17.